The highest BCUT2D eigenvalue weighted by Gasteiger charge is 2.21. The molecule has 0 aliphatic rings. The first kappa shape index (κ1) is 23.5. The summed E-state index contributed by atoms with van der Waals surface area (Å²) in [5.41, 5.74) is 3.10. The van der Waals surface area contributed by atoms with Crippen LogP contribution in [0.5, 0.6) is 0 Å². The second kappa shape index (κ2) is 10.5. The average Bonchev–Trinajstić information content (AvgIpc) is 3.19. The average molecular weight is 475 g/mol. The van der Waals surface area contributed by atoms with Crippen molar-refractivity contribution in [3.05, 3.63) is 101 Å². The number of nitrogens with one attached hydrogen (secondary N) is 1. The number of hydrogen-bond donors (Lipinski definition) is 1. The molecule has 0 spiro atoms. The molecule has 0 saturated heterocycles. The smallest absolute Gasteiger partial charge is 0.253 e. The molecule has 3 aromatic carbocycles. The number of para-hydroxylation sites is 2. The number of hydrogen-bond acceptors (Lipinski definition) is 3. The Balaban J connectivity index is 1.57. The quantitative estimate of drug-likeness (QED) is 0.388. The van der Waals surface area contributed by atoms with Gasteiger partial charge in [0.05, 0.1) is 28.2 Å². The molecule has 0 atom stereocenters. The molecule has 0 radical (unpaired) electrons. The van der Waals surface area contributed by atoms with Gasteiger partial charge >= 0.3 is 0 Å². The van der Waals surface area contributed by atoms with Crippen molar-refractivity contribution in [3.8, 4) is 0 Å². The molecule has 4 aromatic rings. The van der Waals surface area contributed by atoms with Gasteiger partial charge in [0.1, 0.15) is 12.4 Å². The number of carbonyl (C=O) groups excluding carboxylic acids is 2. The van der Waals surface area contributed by atoms with Gasteiger partial charge in [0.25, 0.3) is 5.91 Å². The molecule has 2 amide bonds. The van der Waals surface area contributed by atoms with E-state index >= 15 is 0 Å². The number of benzene rings is 3. The van der Waals surface area contributed by atoms with Crippen molar-refractivity contribution in [2.75, 3.05) is 0 Å². The summed E-state index contributed by atoms with van der Waals surface area (Å²) in [4.78, 5) is 32.7. The van der Waals surface area contributed by atoms with Crippen molar-refractivity contribution in [3.63, 3.8) is 0 Å². The van der Waals surface area contributed by atoms with Gasteiger partial charge in [-0.15, -0.1) is 0 Å². The van der Waals surface area contributed by atoms with Gasteiger partial charge in [-0.25, -0.2) is 4.98 Å². The zero-order valence-electron chi connectivity index (χ0n) is 19.2. The van der Waals surface area contributed by atoms with Gasteiger partial charge in [-0.3, -0.25) is 9.59 Å². The summed E-state index contributed by atoms with van der Waals surface area (Å²) in [5.74, 6) is 0.308. The molecule has 7 heteroatoms. The number of rotatable bonds is 8. The van der Waals surface area contributed by atoms with Gasteiger partial charge in [-0.05, 0) is 43.7 Å². The Morgan fingerprint density at radius 3 is 2.38 bits per heavy atom. The lowest BCUT2D eigenvalue weighted by molar-refractivity contribution is -0.134. The molecular formula is C27H27ClN4O2. The molecular weight excluding hydrogens is 448 g/mol. The number of carbonyl (C=O) groups is 2. The van der Waals surface area contributed by atoms with E-state index in [1.165, 1.54) is 0 Å². The molecule has 0 bridgehead atoms. The minimum atomic E-state index is -0.289. The lowest BCUT2D eigenvalue weighted by Gasteiger charge is -2.27. The van der Waals surface area contributed by atoms with Crippen LogP contribution in [0, 0.1) is 0 Å². The van der Waals surface area contributed by atoms with Crippen LogP contribution < -0.4 is 5.32 Å². The summed E-state index contributed by atoms with van der Waals surface area (Å²) < 4.78 is 1.88. The Hall–Kier alpha value is -3.64. The normalized spacial score (nSPS) is 11.1. The molecule has 174 valence electrons. The van der Waals surface area contributed by atoms with Crippen molar-refractivity contribution in [1.82, 2.24) is 19.8 Å². The first-order valence-corrected chi connectivity index (χ1v) is 11.6. The van der Waals surface area contributed by atoms with Gasteiger partial charge in [0, 0.05) is 12.6 Å². The van der Waals surface area contributed by atoms with Crippen LogP contribution in [0.3, 0.4) is 0 Å². The SMILES string of the molecule is CC(C)N(Cc1ccccc1)C(=O)Cn1c(CNC(=O)c2ccccc2Cl)nc2ccccc21. The molecule has 0 unspecified atom stereocenters. The Morgan fingerprint density at radius 1 is 0.971 bits per heavy atom. The second-order valence-corrected chi connectivity index (χ2v) is 8.77. The van der Waals surface area contributed by atoms with E-state index in [9.17, 15) is 9.59 Å². The third-order valence-electron chi connectivity index (χ3n) is 5.69. The van der Waals surface area contributed by atoms with Crippen LogP contribution >= 0.6 is 11.6 Å². The monoisotopic (exact) mass is 474 g/mol. The molecule has 0 saturated carbocycles. The topological polar surface area (TPSA) is 67.2 Å². The zero-order valence-corrected chi connectivity index (χ0v) is 20.0. The van der Waals surface area contributed by atoms with Crippen LogP contribution in [0.4, 0.5) is 0 Å². The first-order valence-electron chi connectivity index (χ1n) is 11.2. The number of halogens is 1. The van der Waals surface area contributed by atoms with Crippen LogP contribution in [0.15, 0.2) is 78.9 Å². The van der Waals surface area contributed by atoms with E-state index in [0.717, 1.165) is 16.6 Å². The maximum atomic E-state index is 13.4. The number of imidazole rings is 1. The van der Waals surface area contributed by atoms with E-state index in [0.29, 0.717) is 23.0 Å². The van der Waals surface area contributed by atoms with E-state index in [1.54, 1.807) is 24.3 Å². The molecule has 4 rings (SSSR count). The Labute approximate surface area is 204 Å². The van der Waals surface area contributed by atoms with E-state index in [1.807, 2.05) is 77.9 Å². The van der Waals surface area contributed by atoms with Crippen molar-refractivity contribution in [2.24, 2.45) is 0 Å². The largest absolute Gasteiger partial charge is 0.345 e. The van der Waals surface area contributed by atoms with Gasteiger partial charge in [0.2, 0.25) is 5.91 Å². The summed E-state index contributed by atoms with van der Waals surface area (Å²) >= 11 is 6.16. The molecule has 1 aromatic heterocycles. The standard InChI is InChI=1S/C27H27ClN4O2/c1-19(2)31(17-20-10-4-3-5-11-20)26(33)18-32-24-15-9-8-14-23(24)30-25(32)16-29-27(34)21-12-6-7-13-22(21)28/h3-15,19H,16-18H2,1-2H3,(H,29,34). The zero-order chi connectivity index (χ0) is 24.1. The maximum absolute atomic E-state index is 13.4. The predicted octanol–water partition coefficient (Wildman–Crippen LogP) is 5.06. The molecule has 0 aliphatic heterocycles. The summed E-state index contributed by atoms with van der Waals surface area (Å²) in [7, 11) is 0. The van der Waals surface area contributed by atoms with Crippen molar-refractivity contribution >= 4 is 34.4 Å². The minimum absolute atomic E-state index is 0.0133. The molecule has 1 N–H and O–H groups in total. The first-order chi connectivity index (χ1) is 16.4. The number of nitrogens with zero attached hydrogens (tertiary/aromatic N) is 3. The molecule has 0 fully saturated rings. The van der Waals surface area contributed by atoms with Gasteiger partial charge in [0.15, 0.2) is 0 Å². The molecule has 34 heavy (non-hydrogen) atoms. The molecule has 1 heterocycles. The summed E-state index contributed by atoms with van der Waals surface area (Å²) in [6, 6.07) is 24.5. The third-order valence-corrected chi connectivity index (χ3v) is 6.02. The predicted molar refractivity (Wildman–Crippen MR) is 134 cm³/mol. The highest BCUT2D eigenvalue weighted by molar-refractivity contribution is 6.33. The van der Waals surface area contributed by atoms with Crippen molar-refractivity contribution in [2.45, 2.75) is 39.5 Å². The summed E-state index contributed by atoms with van der Waals surface area (Å²) in [6.07, 6.45) is 0. The molecule has 6 nitrogen and oxygen atoms in total. The van der Waals surface area contributed by atoms with E-state index in [4.69, 9.17) is 11.6 Å². The highest BCUT2D eigenvalue weighted by atomic mass is 35.5. The van der Waals surface area contributed by atoms with Gasteiger partial charge < -0.3 is 14.8 Å². The Kier molecular flexibility index (Phi) is 7.28. The third kappa shape index (κ3) is 5.29. The lowest BCUT2D eigenvalue weighted by atomic mass is 10.2. The minimum Gasteiger partial charge on any atom is -0.345 e. The maximum Gasteiger partial charge on any atom is 0.253 e. The fraction of sp³-hybridized carbons (Fsp3) is 0.222. The summed E-state index contributed by atoms with van der Waals surface area (Å²) in [6.45, 7) is 4.85. The van der Waals surface area contributed by atoms with E-state index in [-0.39, 0.29) is 30.9 Å². The van der Waals surface area contributed by atoms with Crippen LogP contribution in [-0.4, -0.2) is 32.3 Å². The van der Waals surface area contributed by atoms with Crippen molar-refractivity contribution < 1.29 is 9.59 Å². The van der Waals surface area contributed by atoms with E-state index in [2.05, 4.69) is 10.3 Å². The van der Waals surface area contributed by atoms with Crippen LogP contribution in [0.2, 0.25) is 5.02 Å². The Bertz CT molecular complexity index is 1300. The molecule has 0 aliphatic carbocycles. The van der Waals surface area contributed by atoms with Crippen LogP contribution in [0.25, 0.3) is 11.0 Å². The van der Waals surface area contributed by atoms with Crippen LogP contribution in [-0.2, 0) is 24.4 Å². The Morgan fingerprint density at radius 2 is 1.65 bits per heavy atom. The highest BCUT2D eigenvalue weighted by Crippen LogP contribution is 2.19. The van der Waals surface area contributed by atoms with Gasteiger partial charge in [-0.1, -0.05) is 66.2 Å². The number of aromatic nitrogens is 2. The van der Waals surface area contributed by atoms with Gasteiger partial charge in [-0.2, -0.15) is 0 Å². The van der Waals surface area contributed by atoms with E-state index < -0.39 is 0 Å². The fourth-order valence-corrected chi connectivity index (χ4v) is 4.12. The number of amides is 2. The fourth-order valence-electron chi connectivity index (χ4n) is 3.90. The van der Waals surface area contributed by atoms with Crippen molar-refractivity contribution in [1.29, 1.82) is 0 Å². The second-order valence-electron chi connectivity index (χ2n) is 8.37. The number of fused-ring (bicyclic) bond motifs is 1. The van der Waals surface area contributed by atoms with Crippen LogP contribution in [0.1, 0.15) is 35.6 Å². The lowest BCUT2D eigenvalue weighted by Crippen LogP contribution is -2.39. The summed E-state index contributed by atoms with van der Waals surface area (Å²) in [5, 5.41) is 3.28.